The first-order valence-corrected chi connectivity index (χ1v) is 13.7. The summed E-state index contributed by atoms with van der Waals surface area (Å²) in [7, 11) is -2.42. The van der Waals surface area contributed by atoms with Crippen LogP contribution in [0.25, 0.3) is 0 Å². The zero-order chi connectivity index (χ0) is 22.4. The fourth-order valence-corrected chi connectivity index (χ4v) is 5.19. The van der Waals surface area contributed by atoms with Crippen molar-refractivity contribution in [1.82, 2.24) is 6.15 Å². The van der Waals surface area contributed by atoms with Gasteiger partial charge in [0.25, 0.3) is 10.1 Å². The van der Waals surface area contributed by atoms with Crippen molar-refractivity contribution in [2.24, 2.45) is 0 Å². The number of aryl methyl sites for hydroxylation is 1. The van der Waals surface area contributed by atoms with Crippen LogP contribution >= 0.6 is 0 Å². The van der Waals surface area contributed by atoms with E-state index in [1.54, 1.807) is 0 Å². The molecule has 0 aliphatic rings. The smallest absolute Gasteiger partial charge is 0.296 e. The van der Waals surface area contributed by atoms with Crippen molar-refractivity contribution in [2.45, 2.75) is 129 Å². The molecule has 182 valence electrons. The highest BCUT2D eigenvalue weighted by Crippen LogP contribution is 2.27. The van der Waals surface area contributed by atoms with Gasteiger partial charge in [0, 0.05) is 0 Å². The first-order valence-electron chi connectivity index (χ1n) is 12.3. The second kappa shape index (κ2) is 16.7. The summed E-state index contributed by atoms with van der Waals surface area (Å²) in [6.45, 7) is 8.25. The summed E-state index contributed by atoms with van der Waals surface area (Å²) in [5.74, 6) is 0. The van der Waals surface area contributed by atoms with Crippen LogP contribution in [-0.4, -0.2) is 15.5 Å². The number of rotatable bonds is 17. The van der Waals surface area contributed by atoms with Crippen molar-refractivity contribution in [3.63, 3.8) is 0 Å². The van der Waals surface area contributed by atoms with E-state index in [1.807, 2.05) is 19.9 Å². The molecule has 0 saturated heterocycles. The van der Waals surface area contributed by atoms with Crippen LogP contribution in [0.1, 0.15) is 119 Å². The molecule has 5 heteroatoms. The monoisotopic (exact) mass is 455 g/mol. The summed E-state index contributed by atoms with van der Waals surface area (Å²) in [4.78, 5) is 0.327. The minimum Gasteiger partial charge on any atom is -0.344 e. The molecule has 4 nitrogen and oxygen atoms in total. The molecule has 0 heterocycles. The Morgan fingerprint density at radius 1 is 0.677 bits per heavy atom. The van der Waals surface area contributed by atoms with Crippen LogP contribution in [-0.2, 0) is 20.7 Å². The molecule has 0 bridgehead atoms. The summed E-state index contributed by atoms with van der Waals surface area (Å²) >= 11 is 0. The van der Waals surface area contributed by atoms with Gasteiger partial charge in [0.2, 0.25) is 0 Å². The van der Waals surface area contributed by atoms with Crippen LogP contribution in [0.4, 0.5) is 0 Å². The van der Waals surface area contributed by atoms with Crippen molar-refractivity contribution < 1.29 is 12.6 Å². The normalized spacial score (nSPS) is 11.5. The second-order valence-corrected chi connectivity index (χ2v) is 10.6. The fraction of sp³-hybridized carbons (Fsp3) is 0.769. The molecule has 0 aromatic heterocycles. The lowest BCUT2D eigenvalue weighted by atomic mass is 9.95. The molecule has 0 saturated carbocycles. The summed E-state index contributed by atoms with van der Waals surface area (Å²) in [6, 6.07) is 1.83. The Kier molecular flexibility index (Phi) is 16.2. The van der Waals surface area contributed by atoms with Gasteiger partial charge in [0.15, 0.2) is 0 Å². The maximum absolute atomic E-state index is 12.2. The minimum atomic E-state index is -3.65. The average molecular weight is 456 g/mol. The quantitative estimate of drug-likeness (QED) is 0.190. The van der Waals surface area contributed by atoms with E-state index in [0.29, 0.717) is 4.90 Å². The van der Waals surface area contributed by atoms with Gasteiger partial charge >= 0.3 is 0 Å². The molecule has 3 N–H and O–H groups in total. The van der Waals surface area contributed by atoms with E-state index in [4.69, 9.17) is 4.18 Å². The molecule has 1 aromatic carbocycles. The predicted octanol–water partition coefficient (Wildman–Crippen LogP) is 8.13. The van der Waals surface area contributed by atoms with Gasteiger partial charge in [-0.2, -0.15) is 8.42 Å². The Bertz CT molecular complexity index is 714. The number of unbranched alkanes of at least 4 members (excludes halogenated alkanes) is 13. The molecular formula is C26H49NO3S. The predicted molar refractivity (Wildman–Crippen MR) is 134 cm³/mol. The van der Waals surface area contributed by atoms with Gasteiger partial charge in [-0.3, -0.25) is 4.18 Å². The van der Waals surface area contributed by atoms with E-state index in [9.17, 15) is 8.42 Å². The Morgan fingerprint density at radius 3 is 1.52 bits per heavy atom. The van der Waals surface area contributed by atoms with Gasteiger partial charge in [0.05, 0.1) is 12.0 Å². The topological polar surface area (TPSA) is 78.4 Å². The zero-order valence-corrected chi connectivity index (χ0v) is 21.8. The standard InChI is InChI=1S/C26H46O3S.H3N/c1-6-7-8-9-10-11-12-13-14-15-16-17-18-19-20-25-21-26(30(27,28)29-5)24(4)22(2)23(25)3;/h21H,6-20H2,1-5H3;1H3. The largest absolute Gasteiger partial charge is 0.344 e. The SMILES string of the molecule is CCCCCCCCCCCCCCCCc1cc(S(=O)(=O)OC)c(C)c(C)c1C.N. The Hall–Kier alpha value is -0.910. The third-order valence-electron chi connectivity index (χ3n) is 6.57. The third kappa shape index (κ3) is 11.0. The summed E-state index contributed by atoms with van der Waals surface area (Å²) < 4.78 is 29.2. The lowest BCUT2D eigenvalue weighted by Crippen LogP contribution is -2.09. The van der Waals surface area contributed by atoms with Crippen LogP contribution in [0, 0.1) is 20.8 Å². The first-order chi connectivity index (χ1) is 14.3. The van der Waals surface area contributed by atoms with E-state index in [0.717, 1.165) is 29.5 Å². The van der Waals surface area contributed by atoms with Crippen molar-refractivity contribution in [3.8, 4) is 0 Å². The maximum Gasteiger partial charge on any atom is 0.296 e. The molecule has 0 unspecified atom stereocenters. The molecule has 0 radical (unpaired) electrons. The Balaban J connectivity index is 0.00000900. The summed E-state index contributed by atoms with van der Waals surface area (Å²) in [5.41, 5.74) is 4.23. The van der Waals surface area contributed by atoms with Crippen LogP contribution in [0.15, 0.2) is 11.0 Å². The first kappa shape index (κ1) is 30.1. The molecule has 0 atom stereocenters. The van der Waals surface area contributed by atoms with Gasteiger partial charge in [-0.05, 0) is 61.9 Å². The van der Waals surface area contributed by atoms with Crippen LogP contribution < -0.4 is 6.15 Å². The Morgan fingerprint density at radius 2 is 1.10 bits per heavy atom. The summed E-state index contributed by atoms with van der Waals surface area (Å²) in [6.07, 6.45) is 19.8. The lowest BCUT2D eigenvalue weighted by molar-refractivity contribution is 0.397. The number of hydrogen-bond acceptors (Lipinski definition) is 4. The van der Waals surface area contributed by atoms with Gasteiger partial charge in [-0.15, -0.1) is 0 Å². The molecule has 0 aliphatic carbocycles. The molecular weight excluding hydrogens is 406 g/mol. The van der Waals surface area contributed by atoms with E-state index in [2.05, 4.69) is 13.8 Å². The van der Waals surface area contributed by atoms with Crippen molar-refractivity contribution >= 4 is 10.1 Å². The highest BCUT2D eigenvalue weighted by Gasteiger charge is 2.20. The zero-order valence-electron chi connectivity index (χ0n) is 21.0. The fourth-order valence-electron chi connectivity index (χ4n) is 4.20. The van der Waals surface area contributed by atoms with E-state index >= 15 is 0 Å². The molecule has 0 spiro atoms. The van der Waals surface area contributed by atoms with E-state index < -0.39 is 10.1 Å². The molecule has 31 heavy (non-hydrogen) atoms. The average Bonchev–Trinajstić information content (AvgIpc) is 2.73. The van der Waals surface area contributed by atoms with Crippen molar-refractivity contribution in [2.75, 3.05) is 7.11 Å². The minimum absolute atomic E-state index is 0. The third-order valence-corrected chi connectivity index (χ3v) is 7.97. The van der Waals surface area contributed by atoms with Gasteiger partial charge in [-0.25, -0.2) is 0 Å². The molecule has 1 rings (SSSR count). The van der Waals surface area contributed by atoms with E-state index in [-0.39, 0.29) is 6.15 Å². The van der Waals surface area contributed by atoms with Gasteiger partial charge in [0.1, 0.15) is 0 Å². The van der Waals surface area contributed by atoms with Crippen LogP contribution in [0.3, 0.4) is 0 Å². The summed E-state index contributed by atoms with van der Waals surface area (Å²) in [5, 5.41) is 0. The highest BCUT2D eigenvalue weighted by molar-refractivity contribution is 7.86. The molecule has 0 fully saturated rings. The van der Waals surface area contributed by atoms with Gasteiger partial charge in [-0.1, -0.05) is 90.4 Å². The van der Waals surface area contributed by atoms with Crippen LogP contribution in [0.2, 0.25) is 0 Å². The second-order valence-electron chi connectivity index (χ2n) is 8.88. The van der Waals surface area contributed by atoms with E-state index in [1.165, 1.54) is 96.1 Å². The molecule has 1 aromatic rings. The maximum atomic E-state index is 12.2. The van der Waals surface area contributed by atoms with Gasteiger partial charge < -0.3 is 6.15 Å². The number of hydrogen-bond donors (Lipinski definition) is 1. The van der Waals surface area contributed by atoms with Crippen LogP contribution in [0.5, 0.6) is 0 Å². The van der Waals surface area contributed by atoms with Crippen molar-refractivity contribution in [1.29, 1.82) is 0 Å². The molecule has 0 amide bonds. The van der Waals surface area contributed by atoms with Crippen molar-refractivity contribution in [3.05, 3.63) is 28.3 Å². The number of benzene rings is 1. The lowest BCUT2D eigenvalue weighted by Gasteiger charge is -2.16. The Labute approximate surface area is 193 Å². The molecule has 0 aliphatic heterocycles. The highest BCUT2D eigenvalue weighted by atomic mass is 32.2.